The molecule has 1 aromatic carbocycles. The molecule has 0 aliphatic heterocycles. The van der Waals surface area contributed by atoms with Crippen LogP contribution in [0.25, 0.3) is 10.9 Å². The standard InChI is InChI=1S/C12H12ClN/c13-11-4-3-10-5-6-14(12(10)7-11)8-9-1-2-9/h3-7,9H,1-2,8H2. The quantitative estimate of drug-likeness (QED) is 0.705. The van der Waals surface area contributed by atoms with Gasteiger partial charge < -0.3 is 4.57 Å². The van der Waals surface area contributed by atoms with Crippen LogP contribution in [-0.4, -0.2) is 4.57 Å². The second-order valence-electron chi connectivity index (χ2n) is 4.11. The van der Waals surface area contributed by atoms with Gasteiger partial charge in [0, 0.05) is 23.3 Å². The third kappa shape index (κ3) is 1.42. The topological polar surface area (TPSA) is 4.93 Å². The zero-order valence-electron chi connectivity index (χ0n) is 7.91. The highest BCUT2D eigenvalue weighted by Gasteiger charge is 2.21. The zero-order chi connectivity index (χ0) is 9.54. The number of fused-ring (bicyclic) bond motifs is 1. The first-order chi connectivity index (χ1) is 6.83. The Morgan fingerprint density at radius 2 is 2.14 bits per heavy atom. The molecule has 14 heavy (non-hydrogen) atoms. The molecule has 0 N–H and O–H groups in total. The van der Waals surface area contributed by atoms with Gasteiger partial charge in [0.25, 0.3) is 0 Å². The van der Waals surface area contributed by atoms with Crippen molar-refractivity contribution in [2.75, 3.05) is 0 Å². The van der Waals surface area contributed by atoms with Crippen molar-refractivity contribution in [2.24, 2.45) is 5.92 Å². The van der Waals surface area contributed by atoms with Crippen LogP contribution in [0.4, 0.5) is 0 Å². The van der Waals surface area contributed by atoms with Gasteiger partial charge in [-0.05, 0) is 42.3 Å². The first-order valence-corrected chi connectivity index (χ1v) is 5.45. The summed E-state index contributed by atoms with van der Waals surface area (Å²) < 4.78 is 2.32. The first kappa shape index (κ1) is 8.37. The molecule has 1 aliphatic carbocycles. The van der Waals surface area contributed by atoms with Crippen LogP contribution >= 0.6 is 11.6 Å². The average Bonchev–Trinajstić information content (AvgIpc) is 2.90. The minimum Gasteiger partial charge on any atom is -0.347 e. The summed E-state index contributed by atoms with van der Waals surface area (Å²) in [5.74, 6) is 0.907. The molecule has 2 aromatic rings. The average molecular weight is 206 g/mol. The lowest BCUT2D eigenvalue weighted by Crippen LogP contribution is -1.96. The molecule has 1 heterocycles. The molecule has 0 radical (unpaired) electrons. The van der Waals surface area contributed by atoms with Crippen molar-refractivity contribution in [3.8, 4) is 0 Å². The van der Waals surface area contributed by atoms with Gasteiger partial charge in [-0.15, -0.1) is 0 Å². The fraction of sp³-hybridized carbons (Fsp3) is 0.333. The molecule has 0 amide bonds. The van der Waals surface area contributed by atoms with Crippen LogP contribution in [0.3, 0.4) is 0 Å². The van der Waals surface area contributed by atoms with E-state index >= 15 is 0 Å². The molecular weight excluding hydrogens is 194 g/mol. The highest BCUT2D eigenvalue weighted by Crippen LogP contribution is 2.32. The van der Waals surface area contributed by atoms with Gasteiger partial charge in [0.15, 0.2) is 0 Å². The van der Waals surface area contributed by atoms with Gasteiger partial charge in [-0.25, -0.2) is 0 Å². The molecule has 2 heteroatoms. The molecule has 0 atom stereocenters. The number of aromatic nitrogens is 1. The molecule has 1 aromatic heterocycles. The molecular formula is C12H12ClN. The van der Waals surface area contributed by atoms with Crippen LogP contribution in [0, 0.1) is 5.92 Å². The second-order valence-corrected chi connectivity index (χ2v) is 4.55. The summed E-state index contributed by atoms with van der Waals surface area (Å²) in [7, 11) is 0. The Morgan fingerprint density at radius 3 is 2.93 bits per heavy atom. The maximum Gasteiger partial charge on any atom is 0.0495 e. The van der Waals surface area contributed by atoms with Gasteiger partial charge in [-0.2, -0.15) is 0 Å². The maximum absolute atomic E-state index is 5.99. The van der Waals surface area contributed by atoms with E-state index in [1.165, 1.54) is 23.7 Å². The van der Waals surface area contributed by atoms with Crippen LogP contribution in [0.2, 0.25) is 5.02 Å². The Morgan fingerprint density at radius 1 is 1.29 bits per heavy atom. The normalized spacial score (nSPS) is 16.4. The van der Waals surface area contributed by atoms with Crippen LogP contribution in [0.5, 0.6) is 0 Å². The molecule has 3 rings (SSSR count). The fourth-order valence-corrected chi connectivity index (χ4v) is 2.06. The zero-order valence-corrected chi connectivity index (χ0v) is 8.67. The van der Waals surface area contributed by atoms with Crippen LogP contribution in [0.1, 0.15) is 12.8 Å². The lowest BCUT2D eigenvalue weighted by molar-refractivity contribution is 0.647. The molecule has 0 unspecified atom stereocenters. The minimum absolute atomic E-state index is 0.827. The number of benzene rings is 1. The van der Waals surface area contributed by atoms with E-state index in [1.54, 1.807) is 0 Å². The van der Waals surface area contributed by atoms with Crippen molar-refractivity contribution >= 4 is 22.5 Å². The van der Waals surface area contributed by atoms with E-state index in [0.29, 0.717) is 0 Å². The predicted octanol–water partition coefficient (Wildman–Crippen LogP) is 3.70. The summed E-state index contributed by atoms with van der Waals surface area (Å²) in [6, 6.07) is 8.25. The number of hydrogen-bond donors (Lipinski definition) is 0. The van der Waals surface area contributed by atoms with Crippen LogP contribution in [0.15, 0.2) is 30.5 Å². The first-order valence-electron chi connectivity index (χ1n) is 5.07. The Kier molecular flexibility index (Phi) is 1.81. The van der Waals surface area contributed by atoms with Gasteiger partial charge in [0.1, 0.15) is 0 Å². The fourth-order valence-electron chi connectivity index (χ4n) is 1.89. The van der Waals surface area contributed by atoms with Crippen LogP contribution < -0.4 is 0 Å². The SMILES string of the molecule is Clc1ccc2ccn(CC3CC3)c2c1. The highest BCUT2D eigenvalue weighted by molar-refractivity contribution is 6.31. The lowest BCUT2D eigenvalue weighted by Gasteiger charge is -2.03. The highest BCUT2D eigenvalue weighted by atomic mass is 35.5. The van der Waals surface area contributed by atoms with Crippen molar-refractivity contribution in [3.63, 3.8) is 0 Å². The summed E-state index contributed by atoms with van der Waals surface area (Å²) in [6.45, 7) is 1.16. The summed E-state index contributed by atoms with van der Waals surface area (Å²) in [5.41, 5.74) is 1.27. The van der Waals surface area contributed by atoms with Crippen molar-refractivity contribution in [1.29, 1.82) is 0 Å². The van der Waals surface area contributed by atoms with Crippen molar-refractivity contribution in [1.82, 2.24) is 4.57 Å². The minimum atomic E-state index is 0.827. The summed E-state index contributed by atoms with van der Waals surface area (Å²) >= 11 is 5.99. The maximum atomic E-state index is 5.99. The second kappa shape index (κ2) is 3.03. The molecule has 1 saturated carbocycles. The molecule has 1 fully saturated rings. The largest absolute Gasteiger partial charge is 0.347 e. The van der Waals surface area contributed by atoms with Gasteiger partial charge in [-0.3, -0.25) is 0 Å². The summed E-state index contributed by atoms with van der Waals surface area (Å²) in [5, 5.41) is 2.11. The molecule has 1 aliphatic rings. The molecule has 0 bridgehead atoms. The molecule has 72 valence electrons. The molecule has 1 nitrogen and oxygen atoms in total. The molecule has 0 spiro atoms. The third-order valence-electron chi connectivity index (χ3n) is 2.89. The Balaban J connectivity index is 2.08. The summed E-state index contributed by atoms with van der Waals surface area (Å²) in [4.78, 5) is 0. The van der Waals surface area contributed by atoms with E-state index in [4.69, 9.17) is 11.6 Å². The van der Waals surface area contributed by atoms with E-state index < -0.39 is 0 Å². The van der Waals surface area contributed by atoms with Gasteiger partial charge in [-0.1, -0.05) is 17.7 Å². The van der Waals surface area contributed by atoms with E-state index in [-0.39, 0.29) is 0 Å². The Labute approximate surface area is 88.3 Å². The van der Waals surface area contributed by atoms with E-state index in [9.17, 15) is 0 Å². The Hall–Kier alpha value is -0.950. The van der Waals surface area contributed by atoms with E-state index in [2.05, 4.69) is 29.0 Å². The number of rotatable bonds is 2. The lowest BCUT2D eigenvalue weighted by atomic mass is 10.2. The number of hydrogen-bond acceptors (Lipinski definition) is 0. The van der Waals surface area contributed by atoms with E-state index in [1.807, 2.05) is 6.07 Å². The van der Waals surface area contributed by atoms with Crippen molar-refractivity contribution in [2.45, 2.75) is 19.4 Å². The number of halogens is 1. The van der Waals surface area contributed by atoms with Crippen molar-refractivity contribution in [3.05, 3.63) is 35.5 Å². The predicted molar refractivity (Wildman–Crippen MR) is 59.7 cm³/mol. The molecule has 0 saturated heterocycles. The summed E-state index contributed by atoms with van der Waals surface area (Å²) in [6.07, 6.45) is 4.94. The Bertz CT molecular complexity index is 468. The number of nitrogens with zero attached hydrogens (tertiary/aromatic N) is 1. The van der Waals surface area contributed by atoms with Gasteiger partial charge in [0.05, 0.1) is 0 Å². The van der Waals surface area contributed by atoms with Crippen molar-refractivity contribution < 1.29 is 0 Å². The van der Waals surface area contributed by atoms with E-state index in [0.717, 1.165) is 17.5 Å². The van der Waals surface area contributed by atoms with Gasteiger partial charge >= 0.3 is 0 Å². The third-order valence-corrected chi connectivity index (χ3v) is 3.12. The monoisotopic (exact) mass is 205 g/mol. The smallest absolute Gasteiger partial charge is 0.0495 e. The van der Waals surface area contributed by atoms with Crippen LogP contribution in [-0.2, 0) is 6.54 Å². The van der Waals surface area contributed by atoms with Gasteiger partial charge in [0.2, 0.25) is 0 Å².